The Hall–Kier alpha value is -1.37. The van der Waals surface area contributed by atoms with Crippen LogP contribution in [0.1, 0.15) is 5.69 Å². The minimum absolute atomic E-state index is 0.741. The molecular weight excluding hydrogens is 248 g/mol. The lowest BCUT2D eigenvalue weighted by Crippen LogP contribution is -2.21. The van der Waals surface area contributed by atoms with Crippen molar-refractivity contribution in [1.82, 2.24) is 20.5 Å². The molecule has 0 aliphatic heterocycles. The number of methoxy groups -OCH3 is 1. The second-order valence-corrected chi connectivity index (χ2v) is 4.63. The molecular formula is C12H16N4OS. The molecule has 1 N–H and O–H groups in total. The molecule has 96 valence electrons. The van der Waals surface area contributed by atoms with Gasteiger partial charge in [-0.05, 0) is 6.07 Å². The van der Waals surface area contributed by atoms with Crippen molar-refractivity contribution in [2.45, 2.75) is 6.42 Å². The smallest absolute Gasteiger partial charge is 0.125 e. The fraction of sp³-hybridized carbons (Fsp3) is 0.417. The van der Waals surface area contributed by atoms with Gasteiger partial charge in [-0.25, -0.2) is 4.98 Å². The van der Waals surface area contributed by atoms with E-state index >= 15 is 0 Å². The third-order valence-electron chi connectivity index (χ3n) is 2.42. The van der Waals surface area contributed by atoms with Crippen molar-refractivity contribution in [3.63, 3.8) is 0 Å². The van der Waals surface area contributed by atoms with Crippen molar-refractivity contribution >= 4 is 11.3 Å². The number of hydrogen-bond acceptors (Lipinski definition) is 6. The summed E-state index contributed by atoms with van der Waals surface area (Å²) in [5, 5.41) is 14.0. The Morgan fingerprint density at radius 1 is 1.33 bits per heavy atom. The van der Waals surface area contributed by atoms with Crippen molar-refractivity contribution < 1.29 is 4.74 Å². The van der Waals surface area contributed by atoms with E-state index in [1.807, 2.05) is 6.07 Å². The molecule has 0 radical (unpaired) electrons. The van der Waals surface area contributed by atoms with Gasteiger partial charge in [0.1, 0.15) is 5.01 Å². The van der Waals surface area contributed by atoms with E-state index in [1.165, 1.54) is 0 Å². The average molecular weight is 264 g/mol. The highest BCUT2D eigenvalue weighted by molar-refractivity contribution is 7.13. The van der Waals surface area contributed by atoms with Gasteiger partial charge in [0.25, 0.3) is 0 Å². The summed E-state index contributed by atoms with van der Waals surface area (Å²) in [6.07, 6.45) is 4.35. The summed E-state index contributed by atoms with van der Waals surface area (Å²) < 4.78 is 4.97. The van der Waals surface area contributed by atoms with Gasteiger partial charge in [0.15, 0.2) is 0 Å². The number of nitrogens with one attached hydrogen (secondary N) is 1. The standard InChI is InChI=1S/C12H16N4OS/c1-17-7-6-13-4-3-11-9-18-12(16-11)10-2-5-14-15-8-10/h2,5,8-9,13H,3-4,6-7H2,1H3. The van der Waals surface area contributed by atoms with Crippen molar-refractivity contribution in [1.29, 1.82) is 0 Å². The Bertz CT molecular complexity index is 460. The van der Waals surface area contributed by atoms with E-state index in [0.29, 0.717) is 0 Å². The van der Waals surface area contributed by atoms with E-state index in [0.717, 1.165) is 42.4 Å². The predicted octanol–water partition coefficient (Wildman–Crippen LogP) is 1.38. The summed E-state index contributed by atoms with van der Waals surface area (Å²) >= 11 is 1.64. The first-order valence-electron chi connectivity index (χ1n) is 5.81. The summed E-state index contributed by atoms with van der Waals surface area (Å²) in [5.41, 5.74) is 2.13. The predicted molar refractivity (Wildman–Crippen MR) is 71.6 cm³/mol. The Morgan fingerprint density at radius 3 is 3.06 bits per heavy atom. The van der Waals surface area contributed by atoms with Crippen LogP contribution in [0.25, 0.3) is 10.6 Å². The topological polar surface area (TPSA) is 59.9 Å². The Morgan fingerprint density at radius 2 is 2.28 bits per heavy atom. The second kappa shape index (κ2) is 7.15. The van der Waals surface area contributed by atoms with E-state index in [1.54, 1.807) is 30.8 Å². The maximum Gasteiger partial charge on any atom is 0.125 e. The maximum atomic E-state index is 4.97. The van der Waals surface area contributed by atoms with Crippen LogP contribution in [0.4, 0.5) is 0 Å². The van der Waals surface area contributed by atoms with Crippen LogP contribution >= 0.6 is 11.3 Å². The quantitative estimate of drug-likeness (QED) is 0.766. The van der Waals surface area contributed by atoms with Crippen LogP contribution < -0.4 is 5.32 Å². The van der Waals surface area contributed by atoms with Gasteiger partial charge in [-0.1, -0.05) is 0 Å². The van der Waals surface area contributed by atoms with E-state index in [9.17, 15) is 0 Å². The van der Waals surface area contributed by atoms with Gasteiger partial charge in [0.05, 0.1) is 24.7 Å². The van der Waals surface area contributed by atoms with Crippen LogP contribution in [-0.2, 0) is 11.2 Å². The van der Waals surface area contributed by atoms with Gasteiger partial charge in [0, 0.05) is 37.6 Å². The molecule has 0 amide bonds. The summed E-state index contributed by atoms with van der Waals surface area (Å²) in [4.78, 5) is 4.58. The van der Waals surface area contributed by atoms with E-state index in [-0.39, 0.29) is 0 Å². The highest BCUT2D eigenvalue weighted by atomic mass is 32.1. The lowest BCUT2D eigenvalue weighted by Gasteiger charge is -2.01. The SMILES string of the molecule is COCCNCCc1csc(-c2ccnnc2)n1. The molecule has 2 aromatic heterocycles. The summed E-state index contributed by atoms with van der Waals surface area (Å²) in [6, 6.07) is 1.92. The highest BCUT2D eigenvalue weighted by Crippen LogP contribution is 2.22. The lowest BCUT2D eigenvalue weighted by atomic mass is 10.3. The number of thiazole rings is 1. The van der Waals surface area contributed by atoms with Gasteiger partial charge < -0.3 is 10.1 Å². The molecule has 2 heterocycles. The summed E-state index contributed by atoms with van der Waals surface area (Å²) in [5.74, 6) is 0. The molecule has 2 rings (SSSR count). The minimum Gasteiger partial charge on any atom is -0.383 e. The molecule has 0 aliphatic carbocycles. The summed E-state index contributed by atoms with van der Waals surface area (Å²) in [7, 11) is 1.71. The van der Waals surface area contributed by atoms with E-state index in [4.69, 9.17) is 4.74 Å². The number of nitrogens with zero attached hydrogens (tertiary/aromatic N) is 3. The zero-order valence-corrected chi connectivity index (χ0v) is 11.1. The average Bonchev–Trinajstić information content (AvgIpc) is 2.88. The van der Waals surface area contributed by atoms with Gasteiger partial charge in [-0.3, -0.25) is 0 Å². The first-order chi connectivity index (χ1) is 8.90. The van der Waals surface area contributed by atoms with Gasteiger partial charge >= 0.3 is 0 Å². The Balaban J connectivity index is 1.83. The third-order valence-corrected chi connectivity index (χ3v) is 3.36. The van der Waals surface area contributed by atoms with Crippen LogP contribution in [0.3, 0.4) is 0 Å². The monoisotopic (exact) mass is 264 g/mol. The largest absolute Gasteiger partial charge is 0.383 e. The first kappa shape index (κ1) is 13.1. The summed E-state index contributed by atoms with van der Waals surface area (Å²) in [6.45, 7) is 2.54. The molecule has 18 heavy (non-hydrogen) atoms. The molecule has 0 unspecified atom stereocenters. The van der Waals surface area contributed by atoms with Crippen LogP contribution in [0.15, 0.2) is 23.8 Å². The number of aromatic nitrogens is 3. The number of rotatable bonds is 7. The van der Waals surface area contributed by atoms with Crippen molar-refractivity contribution in [3.8, 4) is 10.6 Å². The molecule has 0 aromatic carbocycles. The first-order valence-corrected chi connectivity index (χ1v) is 6.69. The normalized spacial score (nSPS) is 10.7. The second-order valence-electron chi connectivity index (χ2n) is 3.77. The Labute approximate surface area is 110 Å². The van der Waals surface area contributed by atoms with Crippen molar-refractivity contribution in [2.75, 3.05) is 26.8 Å². The highest BCUT2D eigenvalue weighted by Gasteiger charge is 2.04. The zero-order valence-electron chi connectivity index (χ0n) is 10.3. The van der Waals surface area contributed by atoms with Gasteiger partial charge in [0.2, 0.25) is 0 Å². The maximum absolute atomic E-state index is 4.97. The molecule has 0 fully saturated rings. The van der Waals surface area contributed by atoms with E-state index < -0.39 is 0 Å². The van der Waals surface area contributed by atoms with Gasteiger partial charge in [-0.15, -0.1) is 11.3 Å². The Kier molecular flexibility index (Phi) is 5.19. The zero-order chi connectivity index (χ0) is 12.6. The van der Waals surface area contributed by atoms with Crippen LogP contribution in [0, 0.1) is 0 Å². The molecule has 2 aromatic rings. The fourth-order valence-corrected chi connectivity index (χ4v) is 2.33. The molecule has 0 bridgehead atoms. The van der Waals surface area contributed by atoms with E-state index in [2.05, 4.69) is 25.9 Å². The number of hydrogen-bond donors (Lipinski definition) is 1. The molecule has 0 spiro atoms. The third kappa shape index (κ3) is 3.83. The molecule has 0 saturated heterocycles. The van der Waals surface area contributed by atoms with Crippen LogP contribution in [0.5, 0.6) is 0 Å². The fourth-order valence-electron chi connectivity index (χ4n) is 1.49. The lowest BCUT2D eigenvalue weighted by molar-refractivity contribution is 0.199. The molecule has 0 aliphatic rings. The molecule has 5 nitrogen and oxygen atoms in total. The van der Waals surface area contributed by atoms with Crippen molar-refractivity contribution in [3.05, 3.63) is 29.5 Å². The minimum atomic E-state index is 0.741. The molecule has 0 saturated carbocycles. The van der Waals surface area contributed by atoms with Gasteiger partial charge in [-0.2, -0.15) is 10.2 Å². The molecule has 0 atom stereocenters. The van der Waals surface area contributed by atoms with Crippen LogP contribution in [-0.4, -0.2) is 42.0 Å². The molecule has 6 heteroatoms. The van der Waals surface area contributed by atoms with Crippen LogP contribution in [0.2, 0.25) is 0 Å². The van der Waals surface area contributed by atoms with Crippen molar-refractivity contribution in [2.24, 2.45) is 0 Å². The number of ether oxygens (including phenoxy) is 1.